The van der Waals surface area contributed by atoms with Crippen LogP contribution in [0.2, 0.25) is 0 Å². The van der Waals surface area contributed by atoms with Gasteiger partial charge in [0.05, 0.1) is 0 Å². The number of ether oxygens (including phenoxy) is 2. The van der Waals surface area contributed by atoms with Crippen molar-refractivity contribution < 1.29 is 59.4 Å². The average Bonchev–Trinajstić information content (AvgIpc) is 3.40. The molecule has 2 fully saturated rings. The average molecular weight is 584 g/mol. The van der Waals surface area contributed by atoms with Crippen LogP contribution < -0.4 is 39.0 Å². The first-order chi connectivity index (χ1) is 17.1. The van der Waals surface area contributed by atoms with E-state index in [2.05, 4.69) is 13.8 Å². The molecule has 0 aromatic heterocycles. The number of alkyl halides is 1. The molecule has 1 aromatic rings. The van der Waals surface area contributed by atoms with Crippen LogP contribution in [0.5, 0.6) is 11.5 Å². The van der Waals surface area contributed by atoms with Gasteiger partial charge in [-0.3, -0.25) is 9.00 Å². The van der Waals surface area contributed by atoms with Gasteiger partial charge in [0.25, 0.3) is 0 Å². The normalized spacial score (nSPS) is 24.2. The Balaban J connectivity index is 0.000000392. The molecule has 4 rings (SSSR count). The zero-order chi connectivity index (χ0) is 26.5. The minimum atomic E-state index is -0.957. The van der Waals surface area contributed by atoms with E-state index in [1.165, 1.54) is 54.3 Å². The summed E-state index contributed by atoms with van der Waals surface area (Å²) in [6, 6.07) is 5.26. The maximum Gasteiger partial charge on any atom is 1.00 e. The SMILES string of the molecule is CC1(C)S[C@@H]2[C@H](Cl)C(=O)N2[C@H]1C(=O)O.CCCCCCCCS(=O)C(C)Cc1ccc2c(c1)OCO2.[H-].[Na+]. The molecule has 37 heavy (non-hydrogen) atoms. The van der Waals surface area contributed by atoms with Crippen molar-refractivity contribution in [2.24, 2.45) is 0 Å². The fraction of sp³-hybridized carbons (Fsp3) is 0.692. The predicted molar refractivity (Wildman–Crippen MR) is 147 cm³/mol. The number of thioether (sulfide) groups is 1. The molecule has 0 radical (unpaired) electrons. The molecule has 3 heterocycles. The van der Waals surface area contributed by atoms with E-state index in [1.807, 2.05) is 32.0 Å². The molecule has 0 bridgehead atoms. The third-order valence-electron chi connectivity index (χ3n) is 6.72. The Morgan fingerprint density at radius 1 is 1.24 bits per heavy atom. The molecule has 1 N–H and O–H groups in total. The summed E-state index contributed by atoms with van der Waals surface area (Å²) >= 11 is 7.25. The minimum Gasteiger partial charge on any atom is -1.00 e. The number of carbonyl (C=O) groups excluding carboxylic acids is 1. The molecule has 204 valence electrons. The van der Waals surface area contributed by atoms with Gasteiger partial charge in [-0.25, -0.2) is 4.79 Å². The Hall–Kier alpha value is -0.450. The van der Waals surface area contributed by atoms with Crippen LogP contribution in [0, 0.1) is 0 Å². The van der Waals surface area contributed by atoms with E-state index in [0.717, 1.165) is 30.1 Å². The van der Waals surface area contributed by atoms with Crippen LogP contribution in [-0.4, -0.2) is 65.4 Å². The molecule has 2 unspecified atom stereocenters. The van der Waals surface area contributed by atoms with Gasteiger partial charge < -0.3 is 20.9 Å². The van der Waals surface area contributed by atoms with Crippen molar-refractivity contribution >= 4 is 46.0 Å². The summed E-state index contributed by atoms with van der Waals surface area (Å²) in [5.74, 6) is 1.23. The summed E-state index contributed by atoms with van der Waals surface area (Å²) in [6.07, 6.45) is 8.32. The van der Waals surface area contributed by atoms with Crippen molar-refractivity contribution in [3.05, 3.63) is 23.8 Å². The number of carboxylic acids is 1. The van der Waals surface area contributed by atoms with E-state index in [1.54, 1.807) is 0 Å². The predicted octanol–water partition coefficient (Wildman–Crippen LogP) is 2.31. The van der Waals surface area contributed by atoms with E-state index in [-0.39, 0.29) is 47.5 Å². The van der Waals surface area contributed by atoms with Crippen LogP contribution >= 0.6 is 23.4 Å². The van der Waals surface area contributed by atoms with Crippen molar-refractivity contribution in [2.45, 2.75) is 99.4 Å². The van der Waals surface area contributed by atoms with Crippen LogP contribution in [0.15, 0.2) is 18.2 Å². The number of unbranched alkanes of at least 4 members (excludes halogenated alkanes) is 5. The van der Waals surface area contributed by atoms with E-state index in [4.69, 9.17) is 26.2 Å². The van der Waals surface area contributed by atoms with Gasteiger partial charge in [0, 0.05) is 26.5 Å². The van der Waals surface area contributed by atoms with Gasteiger partial charge in [0.15, 0.2) is 11.5 Å². The molecular formula is C26H39ClNNaO6S2. The first-order valence-electron chi connectivity index (χ1n) is 12.7. The topological polar surface area (TPSA) is 93.1 Å². The number of carbonyl (C=O) groups is 2. The first kappa shape index (κ1) is 32.8. The molecule has 0 saturated carbocycles. The summed E-state index contributed by atoms with van der Waals surface area (Å²) < 4.78 is 22.6. The summed E-state index contributed by atoms with van der Waals surface area (Å²) in [4.78, 5) is 23.8. The van der Waals surface area contributed by atoms with E-state index < -0.39 is 32.9 Å². The number of halogens is 1. The number of amides is 1. The number of fused-ring (bicyclic) bond motifs is 2. The number of hydrogen-bond donors (Lipinski definition) is 1. The molecule has 1 amide bonds. The van der Waals surface area contributed by atoms with Crippen molar-refractivity contribution in [2.75, 3.05) is 12.5 Å². The van der Waals surface area contributed by atoms with E-state index in [0.29, 0.717) is 6.79 Å². The monoisotopic (exact) mass is 583 g/mol. The van der Waals surface area contributed by atoms with Gasteiger partial charge in [0.2, 0.25) is 12.7 Å². The smallest absolute Gasteiger partial charge is 1.00 e. The van der Waals surface area contributed by atoms with Gasteiger partial charge in [-0.2, -0.15) is 0 Å². The van der Waals surface area contributed by atoms with Gasteiger partial charge in [-0.1, -0.05) is 52.0 Å². The molecule has 0 aliphatic carbocycles. The van der Waals surface area contributed by atoms with Crippen molar-refractivity contribution in [3.8, 4) is 11.5 Å². The second-order valence-electron chi connectivity index (χ2n) is 10.1. The van der Waals surface area contributed by atoms with Crippen LogP contribution in [0.3, 0.4) is 0 Å². The third kappa shape index (κ3) is 8.27. The van der Waals surface area contributed by atoms with E-state index in [9.17, 15) is 13.8 Å². The Bertz CT molecular complexity index is 972. The minimum absolute atomic E-state index is 0. The van der Waals surface area contributed by atoms with Crippen molar-refractivity contribution in [1.29, 1.82) is 0 Å². The molecule has 7 nitrogen and oxygen atoms in total. The number of carboxylic acid groups (broad SMARTS) is 1. The number of rotatable bonds is 11. The van der Waals surface area contributed by atoms with Crippen molar-refractivity contribution in [3.63, 3.8) is 0 Å². The molecule has 0 spiro atoms. The number of β-lactam (4-membered cyclic amide) rings is 1. The second kappa shape index (κ2) is 14.8. The maximum atomic E-state index is 12.3. The van der Waals surface area contributed by atoms with Gasteiger partial charge >= 0.3 is 35.5 Å². The Morgan fingerprint density at radius 2 is 1.89 bits per heavy atom. The molecule has 2 saturated heterocycles. The second-order valence-corrected chi connectivity index (χ2v) is 14.3. The van der Waals surface area contributed by atoms with Crippen LogP contribution in [0.25, 0.3) is 0 Å². The van der Waals surface area contributed by atoms with Gasteiger partial charge in [-0.15, -0.1) is 23.4 Å². The molecule has 5 atom stereocenters. The standard InChI is InChI=1S/C18H28O3S.C8H10ClNO3S.Na.H/c1-3-4-5-6-7-8-11-22(19)15(2)12-16-9-10-17-18(13-16)21-14-20-17;1-8(2)4(7(12)13)10-5(11)3(9)6(10)14-8;;/h9-10,13,15H,3-8,11-12,14H2,1-2H3;3-4,6H,1-2H3,(H,12,13);;/q;;+1;-1/t;3-,4+,6-;;/m.1../s1. The van der Waals surface area contributed by atoms with Crippen LogP contribution in [-0.2, 0) is 26.8 Å². The fourth-order valence-corrected chi connectivity index (χ4v) is 7.88. The number of benzene rings is 1. The van der Waals surface area contributed by atoms with Crippen molar-refractivity contribution in [1.82, 2.24) is 4.90 Å². The number of nitrogens with zero attached hydrogens (tertiary/aromatic N) is 1. The summed E-state index contributed by atoms with van der Waals surface area (Å²) in [5, 5.41) is 8.50. The van der Waals surface area contributed by atoms with Gasteiger partial charge in [0.1, 0.15) is 16.8 Å². The quantitative estimate of drug-likeness (QED) is 0.185. The zero-order valence-corrected chi connectivity index (χ0v) is 26.9. The maximum absolute atomic E-state index is 12.3. The Labute approximate surface area is 256 Å². The Morgan fingerprint density at radius 3 is 2.57 bits per heavy atom. The summed E-state index contributed by atoms with van der Waals surface area (Å²) in [7, 11) is -0.743. The molecule has 3 aliphatic heterocycles. The largest absolute Gasteiger partial charge is 1.00 e. The fourth-order valence-electron chi connectivity index (χ4n) is 4.68. The third-order valence-corrected chi connectivity index (χ3v) is 10.6. The Kier molecular flexibility index (Phi) is 13.1. The first-order valence-corrected chi connectivity index (χ1v) is 15.4. The molecule has 3 aliphatic rings. The van der Waals surface area contributed by atoms with Crippen LogP contribution in [0.1, 0.15) is 73.2 Å². The summed E-state index contributed by atoms with van der Waals surface area (Å²) in [6.45, 7) is 8.26. The molecule has 11 heteroatoms. The zero-order valence-electron chi connectivity index (χ0n) is 23.5. The number of hydrogen-bond acceptors (Lipinski definition) is 6. The number of aliphatic carboxylic acids is 1. The van der Waals surface area contributed by atoms with Gasteiger partial charge in [-0.05, 0) is 44.4 Å². The van der Waals surface area contributed by atoms with E-state index >= 15 is 0 Å². The molecular weight excluding hydrogens is 545 g/mol. The molecule has 1 aromatic carbocycles. The summed E-state index contributed by atoms with van der Waals surface area (Å²) in [5.41, 5.74) is 1.17. The van der Waals surface area contributed by atoms with Crippen LogP contribution in [0.4, 0.5) is 0 Å².